The van der Waals surface area contributed by atoms with E-state index >= 15 is 0 Å². The van der Waals surface area contributed by atoms with Gasteiger partial charge in [-0.05, 0) is 43.9 Å². The second-order valence-electron chi connectivity index (χ2n) is 6.87. The van der Waals surface area contributed by atoms with Gasteiger partial charge in [0.15, 0.2) is 0 Å². The molecule has 1 aromatic heterocycles. The molecule has 1 aliphatic rings. The fraction of sp³-hybridized carbons (Fsp3) is 0.526. The van der Waals surface area contributed by atoms with Gasteiger partial charge in [0.25, 0.3) is 0 Å². The summed E-state index contributed by atoms with van der Waals surface area (Å²) in [6.07, 6.45) is 5.25. The molecule has 0 radical (unpaired) electrons. The van der Waals surface area contributed by atoms with Crippen LogP contribution in [0.2, 0.25) is 0 Å². The molecule has 1 fully saturated rings. The maximum absolute atomic E-state index is 12.0. The number of aromatic nitrogens is 3. The molecular weight excluding hydrogens is 332 g/mol. The van der Waals surface area contributed by atoms with Crippen molar-refractivity contribution in [3.63, 3.8) is 0 Å². The summed E-state index contributed by atoms with van der Waals surface area (Å²) >= 11 is 0. The van der Waals surface area contributed by atoms with Gasteiger partial charge in [0, 0.05) is 18.9 Å². The Morgan fingerprint density at radius 3 is 3.08 bits per heavy atom. The topological polar surface area (TPSA) is 89.3 Å². The second-order valence-corrected chi connectivity index (χ2v) is 6.87. The fourth-order valence-corrected chi connectivity index (χ4v) is 3.34. The molecular formula is C19H26N4O3. The number of benzene rings is 1. The van der Waals surface area contributed by atoms with E-state index in [1.165, 1.54) is 6.33 Å². The molecule has 1 aliphatic carbocycles. The maximum Gasteiger partial charge on any atom is 0.221 e. The van der Waals surface area contributed by atoms with Gasteiger partial charge in [-0.1, -0.05) is 12.1 Å². The van der Waals surface area contributed by atoms with E-state index in [0.29, 0.717) is 19.5 Å². The van der Waals surface area contributed by atoms with Crippen LogP contribution in [0.5, 0.6) is 5.75 Å². The monoisotopic (exact) mass is 358 g/mol. The van der Waals surface area contributed by atoms with Crippen LogP contribution >= 0.6 is 0 Å². The van der Waals surface area contributed by atoms with Crippen LogP contribution in [-0.2, 0) is 11.3 Å². The van der Waals surface area contributed by atoms with Crippen LogP contribution in [0.4, 0.5) is 0 Å². The number of ether oxygens (including phenoxy) is 1. The lowest BCUT2D eigenvalue weighted by atomic mass is 9.84. The van der Waals surface area contributed by atoms with Crippen molar-refractivity contribution in [1.29, 1.82) is 0 Å². The molecule has 0 bridgehead atoms. The number of carbonyl (C=O) groups excluding carboxylic acids is 1. The Morgan fingerprint density at radius 1 is 1.42 bits per heavy atom. The lowest BCUT2D eigenvalue weighted by Gasteiger charge is -2.35. The molecule has 1 amide bonds. The van der Waals surface area contributed by atoms with Crippen molar-refractivity contribution in [3.05, 3.63) is 42.5 Å². The first-order valence-corrected chi connectivity index (χ1v) is 9.12. The molecule has 2 aromatic rings. The highest BCUT2D eigenvalue weighted by Crippen LogP contribution is 2.28. The Kier molecular flexibility index (Phi) is 6.22. The van der Waals surface area contributed by atoms with Crippen molar-refractivity contribution in [3.8, 4) is 5.75 Å². The standard InChI is InChI=1S/C19H26N4O3/c1-14-4-2-6-16(10-14)26-17-7-3-5-15(19(17)25)11-21-18(24)8-9-23-13-20-12-22-23/h2,4,6,10,12-13,15,17,19,25H,3,5,7-9,11H2,1H3,(H,21,24)/t15-,17-,19-/m1/s1. The molecule has 0 saturated heterocycles. The van der Waals surface area contributed by atoms with Crippen LogP contribution in [0.1, 0.15) is 31.2 Å². The molecule has 1 aromatic carbocycles. The molecule has 2 N–H and O–H groups in total. The molecule has 7 nitrogen and oxygen atoms in total. The largest absolute Gasteiger partial charge is 0.488 e. The van der Waals surface area contributed by atoms with Gasteiger partial charge in [-0.15, -0.1) is 0 Å². The van der Waals surface area contributed by atoms with Crippen molar-refractivity contribution in [2.75, 3.05) is 6.54 Å². The van der Waals surface area contributed by atoms with Crippen molar-refractivity contribution in [2.45, 2.75) is 51.4 Å². The van der Waals surface area contributed by atoms with Gasteiger partial charge >= 0.3 is 0 Å². The van der Waals surface area contributed by atoms with Crippen LogP contribution in [0, 0.1) is 12.8 Å². The second kappa shape index (κ2) is 8.80. The van der Waals surface area contributed by atoms with Crippen LogP contribution in [0.3, 0.4) is 0 Å². The first-order valence-electron chi connectivity index (χ1n) is 9.12. The molecule has 1 heterocycles. The van der Waals surface area contributed by atoms with E-state index in [1.54, 1.807) is 11.0 Å². The minimum atomic E-state index is -0.583. The summed E-state index contributed by atoms with van der Waals surface area (Å²) in [4.78, 5) is 15.9. The van der Waals surface area contributed by atoms with Gasteiger partial charge in [-0.3, -0.25) is 9.48 Å². The van der Waals surface area contributed by atoms with Gasteiger partial charge in [0.05, 0.1) is 12.6 Å². The van der Waals surface area contributed by atoms with Crippen molar-refractivity contribution >= 4 is 5.91 Å². The Morgan fingerprint density at radius 2 is 2.31 bits per heavy atom. The highest BCUT2D eigenvalue weighted by atomic mass is 16.5. The molecule has 26 heavy (non-hydrogen) atoms. The number of hydrogen-bond acceptors (Lipinski definition) is 5. The Hall–Kier alpha value is -2.41. The average molecular weight is 358 g/mol. The summed E-state index contributed by atoms with van der Waals surface area (Å²) in [5.41, 5.74) is 1.13. The lowest BCUT2D eigenvalue weighted by molar-refractivity contribution is -0.122. The molecule has 7 heteroatoms. The van der Waals surface area contributed by atoms with Crippen LogP contribution in [0.25, 0.3) is 0 Å². The van der Waals surface area contributed by atoms with Crippen molar-refractivity contribution < 1.29 is 14.6 Å². The molecule has 0 aliphatic heterocycles. The summed E-state index contributed by atoms with van der Waals surface area (Å²) in [6, 6.07) is 7.85. The Labute approximate surface area is 153 Å². The fourth-order valence-electron chi connectivity index (χ4n) is 3.34. The lowest BCUT2D eigenvalue weighted by Crippen LogP contribution is -2.45. The molecule has 3 atom stereocenters. The number of aliphatic hydroxyl groups is 1. The van der Waals surface area contributed by atoms with E-state index in [2.05, 4.69) is 15.4 Å². The number of hydrogen-bond donors (Lipinski definition) is 2. The van der Waals surface area contributed by atoms with E-state index in [9.17, 15) is 9.90 Å². The summed E-state index contributed by atoms with van der Waals surface area (Å²) in [5, 5.41) is 17.6. The predicted molar refractivity (Wildman–Crippen MR) is 96.6 cm³/mol. The summed E-state index contributed by atoms with van der Waals surface area (Å²) in [7, 11) is 0. The van der Waals surface area contributed by atoms with E-state index in [1.807, 2.05) is 31.2 Å². The number of aliphatic hydroxyl groups excluding tert-OH is 1. The third-order valence-electron chi connectivity index (χ3n) is 4.80. The van der Waals surface area contributed by atoms with Crippen molar-refractivity contribution in [2.24, 2.45) is 5.92 Å². The van der Waals surface area contributed by atoms with E-state index in [4.69, 9.17) is 4.74 Å². The Balaban J connectivity index is 1.46. The summed E-state index contributed by atoms with van der Waals surface area (Å²) in [6.45, 7) is 2.98. The minimum absolute atomic E-state index is 0.00822. The van der Waals surface area contributed by atoms with E-state index < -0.39 is 6.10 Å². The van der Waals surface area contributed by atoms with Gasteiger partial charge in [-0.2, -0.15) is 5.10 Å². The normalized spacial score (nSPS) is 22.8. The number of rotatable bonds is 7. The van der Waals surface area contributed by atoms with Crippen LogP contribution < -0.4 is 10.1 Å². The molecule has 1 saturated carbocycles. The average Bonchev–Trinajstić information content (AvgIpc) is 3.14. The van der Waals surface area contributed by atoms with Crippen LogP contribution in [0.15, 0.2) is 36.9 Å². The number of nitrogens with zero attached hydrogens (tertiary/aromatic N) is 3. The smallest absolute Gasteiger partial charge is 0.221 e. The third-order valence-corrected chi connectivity index (χ3v) is 4.80. The summed E-state index contributed by atoms with van der Waals surface area (Å²) < 4.78 is 7.63. The molecule has 0 unspecified atom stereocenters. The minimum Gasteiger partial charge on any atom is -0.488 e. The number of carbonyl (C=O) groups is 1. The van der Waals surface area contributed by atoms with Gasteiger partial charge in [0.1, 0.15) is 24.5 Å². The van der Waals surface area contributed by atoms with Crippen molar-refractivity contribution in [1.82, 2.24) is 20.1 Å². The molecule has 3 rings (SSSR count). The number of aryl methyl sites for hydroxylation is 2. The van der Waals surface area contributed by atoms with Gasteiger partial charge in [0.2, 0.25) is 5.91 Å². The van der Waals surface area contributed by atoms with Gasteiger partial charge in [-0.25, -0.2) is 4.98 Å². The SMILES string of the molecule is Cc1cccc(O[C@@H]2CCC[C@H](CNC(=O)CCn3cncn3)[C@H]2O)c1. The molecule has 140 valence electrons. The third kappa shape index (κ3) is 5.05. The molecule has 0 spiro atoms. The first-order chi connectivity index (χ1) is 12.6. The van der Waals surface area contributed by atoms with E-state index in [-0.39, 0.29) is 17.9 Å². The number of nitrogens with one attached hydrogen (secondary N) is 1. The highest BCUT2D eigenvalue weighted by molar-refractivity contribution is 5.75. The van der Waals surface area contributed by atoms with E-state index in [0.717, 1.165) is 30.6 Å². The number of amides is 1. The quantitative estimate of drug-likeness (QED) is 0.786. The maximum atomic E-state index is 12.0. The van der Waals surface area contributed by atoms with Crippen LogP contribution in [-0.4, -0.2) is 44.5 Å². The zero-order valence-electron chi connectivity index (χ0n) is 15.0. The predicted octanol–water partition coefficient (Wildman–Crippen LogP) is 1.70. The first kappa shape index (κ1) is 18.4. The summed E-state index contributed by atoms with van der Waals surface area (Å²) in [5.74, 6) is 0.745. The zero-order chi connectivity index (χ0) is 18.4. The zero-order valence-corrected chi connectivity index (χ0v) is 15.0. The Bertz CT molecular complexity index is 705. The van der Waals surface area contributed by atoms with Gasteiger partial charge < -0.3 is 15.2 Å². The highest BCUT2D eigenvalue weighted by Gasteiger charge is 2.33.